The van der Waals surface area contributed by atoms with E-state index in [2.05, 4.69) is 208 Å². The first-order valence-electron chi connectivity index (χ1n) is 36.3. The number of hydrogen-bond donors (Lipinski definition) is 2. The molecule has 104 heavy (non-hydrogen) atoms. The third-order valence-corrected chi connectivity index (χ3v) is 50.6. The fraction of sp³-hybridized carbons (Fsp3) is 0.634. The summed E-state index contributed by atoms with van der Waals surface area (Å²) >= 11 is 22.0. The molecule has 2 N–H and O–H groups in total. The van der Waals surface area contributed by atoms with Gasteiger partial charge in [-0.05, 0) is 236 Å². The molecule has 4 aromatic heterocycles. The Hall–Kier alpha value is -2.12. The van der Waals surface area contributed by atoms with Gasteiger partial charge in [-0.1, -0.05) is 97.8 Å². The smallest absolute Gasteiger partial charge is 0.216 e. The SMILES string of the molecule is C=C[Si](C)(C)O[Si](C)(C)C=C.C=C[Si](C)(C)O[Si](C)(C)CCSc1ncccn1.CC(=O)CCCC[Si](C)(C)O[Si](C)(C)CCCCC(C)=O.CC(=O)CCCC[Si](C)(C)O[Si](C)(C)CCSc1ncccn1.CC(=O)NCCC[Si](C)(C)Cl.C[Si](C)(Cl)CCSc1ncccn1.S=c1nccc[nH]1. The second-order valence-corrected chi connectivity index (χ2v) is 83.2. The van der Waals surface area contributed by atoms with E-state index in [-0.39, 0.29) is 17.5 Å². The Morgan fingerprint density at radius 3 is 0.962 bits per heavy atom. The lowest BCUT2D eigenvalue weighted by atomic mass is 10.2. The van der Waals surface area contributed by atoms with Crippen molar-refractivity contribution in [1.29, 1.82) is 0 Å². The lowest BCUT2D eigenvalue weighted by Crippen LogP contribution is -2.44. The van der Waals surface area contributed by atoms with Crippen LogP contribution in [-0.4, -0.2) is 168 Å². The summed E-state index contributed by atoms with van der Waals surface area (Å²) in [7, 11) is -15.7. The van der Waals surface area contributed by atoms with Crippen molar-refractivity contribution < 1.29 is 35.6 Å². The molecule has 0 aliphatic carbocycles. The molecular weight excluding hydrogens is 1590 g/mol. The molecule has 0 aliphatic heterocycles. The second kappa shape index (κ2) is 56.1. The predicted octanol–water partition coefficient (Wildman–Crippen LogP) is 22.4. The molecule has 0 aromatic carbocycles. The van der Waals surface area contributed by atoms with Crippen molar-refractivity contribution >= 4 is 174 Å². The number of nitrogens with one attached hydrogen (secondary N) is 2. The molecule has 0 spiro atoms. The highest BCUT2D eigenvalue weighted by Gasteiger charge is 2.35. The lowest BCUT2D eigenvalue weighted by molar-refractivity contribution is -0.119. The van der Waals surface area contributed by atoms with Crippen LogP contribution in [0.3, 0.4) is 0 Å². The molecule has 0 bridgehead atoms. The van der Waals surface area contributed by atoms with E-state index in [1.807, 2.05) is 35.3 Å². The summed E-state index contributed by atoms with van der Waals surface area (Å²) in [6.07, 6.45) is 23.5. The molecule has 4 rings (SSSR count). The van der Waals surface area contributed by atoms with Crippen LogP contribution in [0.15, 0.2) is 126 Å². The van der Waals surface area contributed by atoms with Crippen molar-refractivity contribution in [2.75, 3.05) is 23.8 Å². The van der Waals surface area contributed by atoms with Crippen molar-refractivity contribution in [3.05, 3.63) is 115 Å². The number of Topliss-reactive ketones (excluding diaryl/α,β-unsaturated/α-hetero) is 3. The fourth-order valence-electron chi connectivity index (χ4n) is 9.36. The topological polar surface area (TPSA) is 223 Å². The number of carbonyl (C=O) groups is 4. The van der Waals surface area contributed by atoms with Gasteiger partial charge in [-0.15, -0.1) is 19.7 Å². The van der Waals surface area contributed by atoms with Gasteiger partial charge in [0.2, 0.25) is 5.91 Å². The lowest BCUT2D eigenvalue weighted by Gasteiger charge is -2.34. The Labute approximate surface area is 669 Å². The average molecular weight is 1720 g/mol. The van der Waals surface area contributed by atoms with E-state index in [4.69, 9.17) is 38.6 Å². The Kier molecular flexibility index (Phi) is 57.2. The molecule has 0 unspecified atom stereocenters. The maximum atomic E-state index is 11.0. The van der Waals surface area contributed by atoms with Crippen LogP contribution in [0.5, 0.6) is 0 Å². The number of unbranched alkanes of at least 4 members (excludes halogenated alkanes) is 3. The zero-order chi connectivity index (χ0) is 80.4. The summed E-state index contributed by atoms with van der Waals surface area (Å²) in [6, 6.07) is 15.1. The number of carbonyl (C=O) groups excluding carboxylic acids is 4. The highest BCUT2D eigenvalue weighted by molar-refractivity contribution is 7.99. The largest absolute Gasteiger partial charge is 0.455 e. The molecule has 0 saturated carbocycles. The van der Waals surface area contributed by atoms with Gasteiger partial charge in [0.1, 0.15) is 17.3 Å². The fourth-order valence-corrected chi connectivity index (χ4v) is 49.5. The Bertz CT molecular complexity index is 2990. The molecule has 592 valence electrons. The maximum absolute atomic E-state index is 11.0. The molecule has 0 saturated heterocycles. The van der Waals surface area contributed by atoms with Gasteiger partial charge in [0.25, 0.3) is 0 Å². The van der Waals surface area contributed by atoms with E-state index < -0.39 is 81.3 Å². The third-order valence-electron chi connectivity index (χ3n) is 14.6. The minimum Gasteiger partial charge on any atom is -0.455 e. The number of aromatic amines is 1. The summed E-state index contributed by atoms with van der Waals surface area (Å²) < 4.78 is 26.0. The molecule has 0 atom stereocenters. The molecule has 33 heteroatoms. The summed E-state index contributed by atoms with van der Waals surface area (Å²) in [6.45, 7) is 63.2. The third kappa shape index (κ3) is 72.7. The number of amides is 1. The van der Waals surface area contributed by atoms with E-state index in [9.17, 15) is 19.2 Å². The van der Waals surface area contributed by atoms with Crippen molar-refractivity contribution in [2.45, 2.75) is 281 Å². The number of nitrogens with zero attached hydrogens (tertiary/aromatic N) is 7. The van der Waals surface area contributed by atoms with Crippen LogP contribution in [0.4, 0.5) is 0 Å². The number of aromatic nitrogens is 8. The number of H-pyrrole nitrogens is 1. The van der Waals surface area contributed by atoms with Gasteiger partial charge >= 0.3 is 0 Å². The van der Waals surface area contributed by atoms with Gasteiger partial charge in [0, 0.05) is 93.8 Å². The highest BCUT2D eigenvalue weighted by Crippen LogP contribution is 2.29. The van der Waals surface area contributed by atoms with Crippen molar-refractivity contribution in [3.63, 3.8) is 0 Å². The molecule has 17 nitrogen and oxygen atoms in total. The van der Waals surface area contributed by atoms with Crippen LogP contribution in [0.2, 0.25) is 173 Å². The van der Waals surface area contributed by atoms with E-state index >= 15 is 0 Å². The number of ketones is 3. The van der Waals surface area contributed by atoms with Gasteiger partial charge < -0.3 is 41.1 Å². The van der Waals surface area contributed by atoms with Gasteiger partial charge in [-0.2, -0.15) is 22.2 Å². The Morgan fingerprint density at radius 2 is 0.702 bits per heavy atom. The summed E-state index contributed by atoms with van der Waals surface area (Å²) in [5, 5.41) is 5.28. The first kappa shape index (κ1) is 106. The van der Waals surface area contributed by atoms with Gasteiger partial charge in [-0.25, -0.2) is 34.9 Å². The Balaban J connectivity index is -0.00000118. The molecule has 0 fully saturated rings. The van der Waals surface area contributed by atoms with E-state index in [1.165, 1.54) is 6.92 Å². The molecule has 4 aromatic rings. The van der Waals surface area contributed by atoms with Crippen LogP contribution in [-0.2, 0) is 35.6 Å². The molecule has 4 heterocycles. The van der Waals surface area contributed by atoms with Crippen LogP contribution >= 0.6 is 69.7 Å². The van der Waals surface area contributed by atoms with Gasteiger partial charge in [-0.3, -0.25) is 4.79 Å². The maximum Gasteiger partial charge on any atom is 0.216 e. The minimum atomic E-state index is -1.66. The normalized spacial score (nSPS) is 12.0. The van der Waals surface area contributed by atoms with Crippen LogP contribution < -0.4 is 5.32 Å². The molecule has 0 aliphatic rings. The quantitative estimate of drug-likeness (QED) is 0.0105. The number of halogens is 2. The highest BCUT2D eigenvalue weighted by atomic mass is 35.6. The molecular formula is C71H137Cl2N9O8S4Si10. The summed E-state index contributed by atoms with van der Waals surface area (Å²) in [5.74, 6) is 3.96. The van der Waals surface area contributed by atoms with Gasteiger partial charge in [0.05, 0.1) is 0 Å². The zero-order valence-electron chi connectivity index (χ0n) is 68.4. The van der Waals surface area contributed by atoms with E-state index in [0.717, 1.165) is 127 Å². The van der Waals surface area contributed by atoms with Crippen LogP contribution in [0.1, 0.15) is 91.9 Å². The standard InChI is InChI=1S/C16H30N2O2SSi2.C16H34O3Si2.C12H22N2OSSi2.C8H13ClN2SSi.C8H18OSi2.C7H16ClNOSi.C4H4N2S/c1-15(19)9-6-7-13-22(2,3)20-23(4,5)14-12-21-16-17-10-8-11-18-16;1-15(17)11-7-9-13-20(3,4)19-21(5,6)14-10-8-12-16(2)18;1-6-17(2,3)15-18(4,5)11-10-16-12-13-8-7-9-14-12;1-13(2,9)7-6-12-8-10-4-3-5-11-8;1-7-10(3,4)9-11(5,6)8-2;1-7(10)9-5-4-6-11(2,3)8;7-4-5-2-1-3-6-4/h8,10-11H,6-7,9,12-14H2,1-5H3;7-14H2,1-6H3;6-9H,1,10-11H2,2-5H3;3-5H,6-7H2,1-2H3;7-8H,1-2H2,3-6H3;4-6H2,1-3H3,(H,9,10);1-3H,(H,5,6,7). The Morgan fingerprint density at radius 1 is 0.413 bits per heavy atom. The average Bonchev–Trinajstić information content (AvgIpc) is 0.884. The van der Waals surface area contributed by atoms with E-state index in [1.54, 1.807) is 112 Å². The minimum absolute atomic E-state index is 0.0408. The second-order valence-electron chi connectivity index (χ2n) is 31.4. The van der Waals surface area contributed by atoms with Crippen molar-refractivity contribution in [2.24, 2.45) is 0 Å². The summed E-state index contributed by atoms with van der Waals surface area (Å²) in [5.41, 5.74) is 5.94. The number of thioether (sulfide) groups is 3. The number of rotatable bonds is 42. The first-order valence-corrected chi connectivity index (χ1v) is 72.7. The first-order chi connectivity index (χ1) is 47.8. The summed E-state index contributed by atoms with van der Waals surface area (Å²) in [4.78, 5) is 75.0. The van der Waals surface area contributed by atoms with Crippen LogP contribution in [0.25, 0.3) is 0 Å². The molecule has 0 radical (unpaired) electrons. The van der Waals surface area contributed by atoms with Crippen LogP contribution in [0, 0.1) is 4.77 Å². The van der Waals surface area contributed by atoms with Gasteiger partial charge in [0.15, 0.2) is 102 Å². The van der Waals surface area contributed by atoms with Crippen molar-refractivity contribution in [1.82, 2.24) is 45.2 Å². The predicted molar refractivity (Wildman–Crippen MR) is 480 cm³/mol. The van der Waals surface area contributed by atoms with E-state index in [0.29, 0.717) is 29.8 Å². The monoisotopic (exact) mass is 1720 g/mol. The zero-order valence-corrected chi connectivity index (χ0v) is 83.2. The number of hydrogen-bond acceptors (Lipinski definition) is 19. The molecule has 1 amide bonds. The van der Waals surface area contributed by atoms with Crippen molar-refractivity contribution in [3.8, 4) is 0 Å².